The SMILES string of the molecule is CC(=O)c1ccc(N2C(=O)[C@@H](C(C)C)NC2=S)cc1. The Kier molecular flexibility index (Phi) is 3.66. The minimum atomic E-state index is -0.278. The van der Waals surface area contributed by atoms with Gasteiger partial charge in [0.25, 0.3) is 5.91 Å². The molecule has 1 fully saturated rings. The molecule has 0 aliphatic carbocycles. The first kappa shape index (κ1) is 13.7. The summed E-state index contributed by atoms with van der Waals surface area (Å²) in [6, 6.07) is 6.61. The molecule has 1 saturated heterocycles. The number of anilines is 1. The van der Waals surface area contributed by atoms with Crippen LogP contribution in [0.3, 0.4) is 0 Å². The Morgan fingerprint density at radius 1 is 1.32 bits per heavy atom. The third-order valence-electron chi connectivity index (χ3n) is 3.17. The van der Waals surface area contributed by atoms with Gasteiger partial charge >= 0.3 is 0 Å². The monoisotopic (exact) mass is 276 g/mol. The average molecular weight is 276 g/mol. The summed E-state index contributed by atoms with van der Waals surface area (Å²) in [4.78, 5) is 25.0. The second-order valence-electron chi connectivity index (χ2n) is 4.95. The van der Waals surface area contributed by atoms with Gasteiger partial charge in [-0.3, -0.25) is 14.5 Å². The van der Waals surface area contributed by atoms with Crippen molar-refractivity contribution in [2.75, 3.05) is 4.90 Å². The van der Waals surface area contributed by atoms with Gasteiger partial charge in [0.15, 0.2) is 10.9 Å². The number of hydrogen-bond acceptors (Lipinski definition) is 3. The van der Waals surface area contributed by atoms with Crippen molar-refractivity contribution < 1.29 is 9.59 Å². The number of carbonyl (C=O) groups is 2. The summed E-state index contributed by atoms with van der Waals surface area (Å²) in [7, 11) is 0. The van der Waals surface area contributed by atoms with E-state index in [1.807, 2.05) is 13.8 Å². The van der Waals surface area contributed by atoms with Gasteiger partial charge in [-0.1, -0.05) is 13.8 Å². The maximum absolute atomic E-state index is 12.3. The summed E-state index contributed by atoms with van der Waals surface area (Å²) in [5.74, 6) is 0.127. The van der Waals surface area contributed by atoms with E-state index in [-0.39, 0.29) is 23.7 Å². The summed E-state index contributed by atoms with van der Waals surface area (Å²) in [6.07, 6.45) is 0. The van der Waals surface area contributed by atoms with Gasteiger partial charge in [0.05, 0.1) is 5.69 Å². The minimum absolute atomic E-state index is 0.0000527. The molecule has 1 aliphatic rings. The predicted molar refractivity (Wildman–Crippen MR) is 78.3 cm³/mol. The minimum Gasteiger partial charge on any atom is -0.350 e. The number of ketones is 1. The Hall–Kier alpha value is -1.75. The molecular formula is C14H16N2O2S. The maximum atomic E-state index is 12.3. The van der Waals surface area contributed by atoms with Crippen LogP contribution in [0.1, 0.15) is 31.1 Å². The molecule has 0 aromatic heterocycles. The normalized spacial score (nSPS) is 18.9. The number of nitrogens with one attached hydrogen (secondary N) is 1. The molecule has 1 amide bonds. The molecular weight excluding hydrogens is 260 g/mol. The topological polar surface area (TPSA) is 49.4 Å². The van der Waals surface area contributed by atoms with Gasteiger partial charge in [-0.2, -0.15) is 0 Å². The third kappa shape index (κ3) is 2.51. The number of rotatable bonds is 3. The maximum Gasteiger partial charge on any atom is 0.256 e. The molecule has 1 aliphatic heterocycles. The van der Waals surface area contributed by atoms with Crippen molar-refractivity contribution in [1.82, 2.24) is 5.32 Å². The van der Waals surface area contributed by atoms with Crippen molar-refractivity contribution >= 4 is 34.7 Å². The van der Waals surface area contributed by atoms with E-state index in [0.29, 0.717) is 16.4 Å². The van der Waals surface area contributed by atoms with Gasteiger partial charge in [0.2, 0.25) is 0 Å². The molecule has 100 valence electrons. The molecule has 1 atom stereocenters. The van der Waals surface area contributed by atoms with E-state index >= 15 is 0 Å². The lowest BCUT2D eigenvalue weighted by molar-refractivity contribution is -0.119. The second kappa shape index (κ2) is 5.09. The smallest absolute Gasteiger partial charge is 0.256 e. The number of hydrogen-bond donors (Lipinski definition) is 1. The number of carbonyl (C=O) groups excluding carboxylic acids is 2. The summed E-state index contributed by atoms with van der Waals surface area (Å²) >= 11 is 5.21. The third-order valence-corrected chi connectivity index (χ3v) is 3.47. The van der Waals surface area contributed by atoms with E-state index in [0.717, 1.165) is 0 Å². The Labute approximate surface area is 117 Å². The zero-order chi connectivity index (χ0) is 14.2. The summed E-state index contributed by atoms with van der Waals surface area (Å²) in [5, 5.41) is 3.45. The molecule has 19 heavy (non-hydrogen) atoms. The molecule has 1 N–H and O–H groups in total. The Bertz CT molecular complexity index is 537. The highest BCUT2D eigenvalue weighted by molar-refractivity contribution is 7.80. The van der Waals surface area contributed by atoms with Crippen LogP contribution in [0, 0.1) is 5.92 Å². The number of Topliss-reactive ketones (excluding diaryl/α,β-unsaturated/α-hetero) is 1. The highest BCUT2D eigenvalue weighted by Gasteiger charge is 2.37. The molecule has 0 saturated carbocycles. The zero-order valence-corrected chi connectivity index (χ0v) is 12.0. The van der Waals surface area contributed by atoms with Crippen molar-refractivity contribution in [1.29, 1.82) is 0 Å². The number of nitrogens with zero attached hydrogens (tertiary/aromatic N) is 1. The van der Waals surface area contributed by atoms with Crippen LogP contribution in [-0.2, 0) is 4.79 Å². The van der Waals surface area contributed by atoms with E-state index in [1.165, 1.54) is 11.8 Å². The van der Waals surface area contributed by atoms with Gasteiger partial charge in [0.1, 0.15) is 6.04 Å². The van der Waals surface area contributed by atoms with Crippen LogP contribution in [0.2, 0.25) is 0 Å². The van der Waals surface area contributed by atoms with Gasteiger partial charge in [-0.25, -0.2) is 0 Å². The molecule has 2 rings (SSSR count). The van der Waals surface area contributed by atoms with Crippen molar-refractivity contribution in [3.63, 3.8) is 0 Å². The summed E-state index contributed by atoms with van der Waals surface area (Å²) < 4.78 is 0. The van der Waals surface area contributed by atoms with Crippen LogP contribution in [0.15, 0.2) is 24.3 Å². The van der Waals surface area contributed by atoms with Gasteiger partial charge in [-0.05, 0) is 49.3 Å². The molecule has 1 aromatic rings. The van der Waals surface area contributed by atoms with E-state index < -0.39 is 0 Å². The van der Waals surface area contributed by atoms with Crippen LogP contribution < -0.4 is 10.2 Å². The lowest BCUT2D eigenvalue weighted by atomic mass is 10.0. The van der Waals surface area contributed by atoms with Crippen molar-refractivity contribution in [2.45, 2.75) is 26.8 Å². The van der Waals surface area contributed by atoms with E-state index in [9.17, 15) is 9.59 Å². The first-order valence-electron chi connectivity index (χ1n) is 6.17. The van der Waals surface area contributed by atoms with Crippen LogP contribution in [0.5, 0.6) is 0 Å². The first-order valence-corrected chi connectivity index (χ1v) is 6.58. The van der Waals surface area contributed by atoms with Gasteiger partial charge in [0, 0.05) is 5.56 Å². The number of thiocarbonyl (C=S) groups is 1. The van der Waals surface area contributed by atoms with Crippen molar-refractivity contribution in [3.05, 3.63) is 29.8 Å². The fraction of sp³-hybridized carbons (Fsp3) is 0.357. The molecule has 0 spiro atoms. The van der Waals surface area contributed by atoms with Crippen molar-refractivity contribution in [2.24, 2.45) is 5.92 Å². The number of benzene rings is 1. The highest BCUT2D eigenvalue weighted by Crippen LogP contribution is 2.23. The zero-order valence-electron chi connectivity index (χ0n) is 11.1. The molecule has 0 unspecified atom stereocenters. The van der Waals surface area contributed by atoms with Crippen LogP contribution >= 0.6 is 12.2 Å². The van der Waals surface area contributed by atoms with E-state index in [4.69, 9.17) is 12.2 Å². The van der Waals surface area contributed by atoms with E-state index in [2.05, 4.69) is 5.32 Å². The van der Waals surface area contributed by atoms with Crippen LogP contribution in [0.4, 0.5) is 5.69 Å². The lowest BCUT2D eigenvalue weighted by Crippen LogP contribution is -2.34. The fourth-order valence-electron chi connectivity index (χ4n) is 2.04. The Morgan fingerprint density at radius 3 is 2.32 bits per heavy atom. The first-order chi connectivity index (χ1) is 8.91. The fourth-order valence-corrected chi connectivity index (χ4v) is 2.36. The van der Waals surface area contributed by atoms with E-state index in [1.54, 1.807) is 24.3 Å². The number of amides is 1. The van der Waals surface area contributed by atoms with Gasteiger partial charge in [-0.15, -0.1) is 0 Å². The van der Waals surface area contributed by atoms with Crippen molar-refractivity contribution in [3.8, 4) is 0 Å². The molecule has 1 aromatic carbocycles. The second-order valence-corrected chi connectivity index (χ2v) is 5.33. The molecule has 4 nitrogen and oxygen atoms in total. The Balaban J connectivity index is 2.29. The molecule has 5 heteroatoms. The Morgan fingerprint density at radius 2 is 1.89 bits per heavy atom. The predicted octanol–water partition coefficient (Wildman–Crippen LogP) is 2.13. The summed E-state index contributed by atoms with van der Waals surface area (Å²) in [6.45, 7) is 5.46. The quantitative estimate of drug-likeness (QED) is 0.679. The standard InChI is InChI=1S/C14H16N2O2S/c1-8(2)12-13(18)16(14(19)15-12)11-6-4-10(5-7-11)9(3)17/h4-8,12H,1-3H3,(H,15,19)/t12-/m1/s1. The highest BCUT2D eigenvalue weighted by atomic mass is 32.1. The average Bonchev–Trinajstić information content (AvgIpc) is 2.65. The van der Waals surface area contributed by atoms with Gasteiger partial charge < -0.3 is 5.32 Å². The van der Waals surface area contributed by atoms with Crippen LogP contribution in [-0.4, -0.2) is 22.8 Å². The molecule has 0 radical (unpaired) electrons. The summed E-state index contributed by atoms with van der Waals surface area (Å²) in [5.41, 5.74) is 1.31. The molecule has 0 bridgehead atoms. The lowest BCUT2D eigenvalue weighted by Gasteiger charge is -2.16. The van der Waals surface area contributed by atoms with Crippen LogP contribution in [0.25, 0.3) is 0 Å². The largest absolute Gasteiger partial charge is 0.350 e. The molecule has 1 heterocycles.